The Labute approximate surface area is 110 Å². The highest BCUT2D eigenvalue weighted by atomic mass is 16.1. The highest BCUT2D eigenvalue weighted by Crippen LogP contribution is 2.15. The van der Waals surface area contributed by atoms with Gasteiger partial charge in [0.25, 0.3) is 5.56 Å². The van der Waals surface area contributed by atoms with Crippen LogP contribution in [0.25, 0.3) is 16.9 Å². The quantitative estimate of drug-likeness (QED) is 0.699. The number of rotatable bonds is 2. The molecule has 3 nitrogen and oxygen atoms in total. The molecule has 0 bridgehead atoms. The minimum Gasteiger partial charge on any atom is -0.267 e. The maximum Gasteiger partial charge on any atom is 0.271 e. The molecule has 0 amide bonds. The number of hydrogen-bond donors (Lipinski definition) is 0. The average molecular weight is 248 g/mol. The summed E-state index contributed by atoms with van der Waals surface area (Å²) in [6.45, 7) is 0. The molecule has 3 rings (SSSR count). The highest BCUT2D eigenvalue weighted by molar-refractivity contribution is 5.58. The predicted molar refractivity (Wildman–Crippen MR) is 75.3 cm³/mol. The molecule has 0 aliphatic rings. The minimum atomic E-state index is -0.133. The second-order valence-electron chi connectivity index (χ2n) is 4.17. The van der Waals surface area contributed by atoms with Crippen LogP contribution in [0.3, 0.4) is 0 Å². The van der Waals surface area contributed by atoms with Crippen LogP contribution < -0.4 is 5.56 Å². The summed E-state index contributed by atoms with van der Waals surface area (Å²) in [5, 5.41) is 4.42. The Hall–Kier alpha value is -2.68. The predicted octanol–water partition coefficient (Wildman–Crippen LogP) is 2.90. The van der Waals surface area contributed by atoms with Crippen LogP contribution in [0, 0.1) is 0 Å². The lowest BCUT2D eigenvalue weighted by Gasteiger charge is -2.06. The van der Waals surface area contributed by atoms with Crippen LogP contribution in [0.4, 0.5) is 0 Å². The van der Waals surface area contributed by atoms with E-state index in [0.29, 0.717) is 0 Å². The van der Waals surface area contributed by atoms with Gasteiger partial charge in [0.1, 0.15) is 0 Å². The van der Waals surface area contributed by atoms with Crippen LogP contribution in [-0.4, -0.2) is 9.78 Å². The molecule has 2 aromatic carbocycles. The van der Waals surface area contributed by atoms with Gasteiger partial charge in [-0.25, -0.2) is 0 Å². The molecular formula is C16H12N2O. The summed E-state index contributed by atoms with van der Waals surface area (Å²) in [5.74, 6) is 0. The summed E-state index contributed by atoms with van der Waals surface area (Å²) in [6, 6.07) is 22.5. The van der Waals surface area contributed by atoms with Crippen LogP contribution in [0.5, 0.6) is 0 Å². The molecule has 1 aromatic heterocycles. The van der Waals surface area contributed by atoms with Gasteiger partial charge in [0.15, 0.2) is 0 Å². The third-order valence-corrected chi connectivity index (χ3v) is 2.87. The number of aromatic nitrogens is 2. The second-order valence-corrected chi connectivity index (χ2v) is 4.17. The first-order valence-corrected chi connectivity index (χ1v) is 6.06. The first kappa shape index (κ1) is 11.4. The average Bonchev–Trinajstić information content (AvgIpc) is 2.49. The third-order valence-electron chi connectivity index (χ3n) is 2.87. The van der Waals surface area contributed by atoms with Crippen molar-refractivity contribution in [3.63, 3.8) is 0 Å². The van der Waals surface area contributed by atoms with Crippen molar-refractivity contribution in [1.82, 2.24) is 9.78 Å². The zero-order valence-corrected chi connectivity index (χ0v) is 10.2. The monoisotopic (exact) mass is 248 g/mol. The molecule has 0 spiro atoms. The molecule has 0 saturated heterocycles. The van der Waals surface area contributed by atoms with E-state index in [-0.39, 0.29) is 5.56 Å². The van der Waals surface area contributed by atoms with Gasteiger partial charge in [0.05, 0.1) is 11.4 Å². The summed E-state index contributed by atoms with van der Waals surface area (Å²) in [5.41, 5.74) is 2.41. The van der Waals surface area contributed by atoms with E-state index in [1.165, 1.54) is 4.68 Å². The molecule has 0 N–H and O–H groups in total. The Morgan fingerprint density at radius 1 is 0.737 bits per heavy atom. The molecule has 3 aromatic rings. The van der Waals surface area contributed by atoms with Crippen molar-refractivity contribution in [1.29, 1.82) is 0 Å². The van der Waals surface area contributed by atoms with E-state index in [1.807, 2.05) is 60.7 Å². The Morgan fingerprint density at radius 2 is 1.37 bits per heavy atom. The first-order chi connectivity index (χ1) is 9.34. The van der Waals surface area contributed by atoms with Gasteiger partial charge in [-0.3, -0.25) is 4.79 Å². The SMILES string of the molecule is O=c1ccc(-c2ccccc2)nn1-c1ccccc1. The number of para-hydroxylation sites is 1. The van der Waals surface area contributed by atoms with Crippen molar-refractivity contribution in [3.8, 4) is 16.9 Å². The highest BCUT2D eigenvalue weighted by Gasteiger charge is 2.04. The fourth-order valence-corrected chi connectivity index (χ4v) is 1.93. The smallest absolute Gasteiger partial charge is 0.267 e. The summed E-state index contributed by atoms with van der Waals surface area (Å²) >= 11 is 0. The molecule has 0 aliphatic heterocycles. The lowest BCUT2D eigenvalue weighted by Crippen LogP contribution is -2.20. The summed E-state index contributed by atoms with van der Waals surface area (Å²) in [6.07, 6.45) is 0. The van der Waals surface area contributed by atoms with E-state index >= 15 is 0 Å². The standard InChI is InChI=1S/C16H12N2O/c19-16-12-11-15(13-7-3-1-4-8-13)17-18(16)14-9-5-2-6-10-14/h1-12H. The topological polar surface area (TPSA) is 34.9 Å². The molecule has 0 radical (unpaired) electrons. The van der Waals surface area contributed by atoms with Crippen LogP contribution in [0.15, 0.2) is 77.6 Å². The molecule has 0 aliphatic carbocycles. The van der Waals surface area contributed by atoms with Crippen LogP contribution in [0.2, 0.25) is 0 Å². The van der Waals surface area contributed by atoms with Crippen LogP contribution in [-0.2, 0) is 0 Å². The van der Waals surface area contributed by atoms with Gasteiger partial charge >= 0.3 is 0 Å². The number of nitrogens with zero attached hydrogens (tertiary/aromatic N) is 2. The van der Waals surface area contributed by atoms with Crippen LogP contribution >= 0.6 is 0 Å². The zero-order valence-electron chi connectivity index (χ0n) is 10.2. The molecule has 3 heteroatoms. The largest absolute Gasteiger partial charge is 0.271 e. The first-order valence-electron chi connectivity index (χ1n) is 6.06. The van der Waals surface area contributed by atoms with Crippen molar-refractivity contribution in [2.45, 2.75) is 0 Å². The molecule has 0 atom stereocenters. The van der Waals surface area contributed by atoms with Crippen molar-refractivity contribution in [3.05, 3.63) is 83.2 Å². The summed E-state index contributed by atoms with van der Waals surface area (Å²) in [4.78, 5) is 11.9. The maximum absolute atomic E-state index is 11.9. The summed E-state index contributed by atoms with van der Waals surface area (Å²) < 4.78 is 1.42. The maximum atomic E-state index is 11.9. The van der Waals surface area contributed by atoms with E-state index in [4.69, 9.17) is 0 Å². The van der Waals surface area contributed by atoms with E-state index in [1.54, 1.807) is 12.1 Å². The Morgan fingerprint density at radius 3 is 2.05 bits per heavy atom. The van der Waals surface area contributed by atoms with Crippen LogP contribution in [0.1, 0.15) is 0 Å². The van der Waals surface area contributed by atoms with Crippen molar-refractivity contribution in [2.24, 2.45) is 0 Å². The number of benzene rings is 2. The molecule has 0 unspecified atom stereocenters. The fraction of sp³-hybridized carbons (Fsp3) is 0. The van der Waals surface area contributed by atoms with Gasteiger partial charge < -0.3 is 0 Å². The van der Waals surface area contributed by atoms with E-state index in [9.17, 15) is 4.79 Å². The van der Waals surface area contributed by atoms with Gasteiger partial charge in [-0.2, -0.15) is 9.78 Å². The van der Waals surface area contributed by atoms with E-state index < -0.39 is 0 Å². The molecule has 92 valence electrons. The Bertz CT molecular complexity index is 733. The minimum absolute atomic E-state index is 0.133. The molecule has 0 saturated carbocycles. The molecule has 0 fully saturated rings. The van der Waals surface area contributed by atoms with E-state index in [0.717, 1.165) is 16.9 Å². The van der Waals surface area contributed by atoms with Crippen molar-refractivity contribution < 1.29 is 0 Å². The van der Waals surface area contributed by atoms with Gasteiger partial charge in [-0.05, 0) is 18.2 Å². The van der Waals surface area contributed by atoms with Crippen molar-refractivity contribution >= 4 is 0 Å². The Balaban J connectivity index is 2.15. The van der Waals surface area contributed by atoms with Crippen molar-refractivity contribution in [2.75, 3.05) is 0 Å². The third kappa shape index (κ3) is 2.31. The molecular weight excluding hydrogens is 236 g/mol. The summed E-state index contributed by atoms with van der Waals surface area (Å²) in [7, 11) is 0. The van der Waals surface area contributed by atoms with Gasteiger partial charge in [0.2, 0.25) is 0 Å². The van der Waals surface area contributed by atoms with Gasteiger partial charge in [0, 0.05) is 11.6 Å². The Kier molecular flexibility index (Phi) is 2.94. The van der Waals surface area contributed by atoms with Gasteiger partial charge in [-0.15, -0.1) is 0 Å². The van der Waals surface area contributed by atoms with E-state index in [2.05, 4.69) is 5.10 Å². The lowest BCUT2D eigenvalue weighted by atomic mass is 10.1. The normalized spacial score (nSPS) is 10.3. The molecule has 1 heterocycles. The number of hydrogen-bond acceptors (Lipinski definition) is 2. The fourth-order valence-electron chi connectivity index (χ4n) is 1.93. The lowest BCUT2D eigenvalue weighted by molar-refractivity contribution is 0.812. The van der Waals surface area contributed by atoms with Gasteiger partial charge in [-0.1, -0.05) is 48.5 Å². The molecule has 19 heavy (non-hydrogen) atoms. The second kappa shape index (κ2) is 4.90. The zero-order chi connectivity index (χ0) is 13.1.